The molecule has 0 aliphatic heterocycles. The Morgan fingerprint density at radius 2 is 2.00 bits per heavy atom. The average Bonchev–Trinajstić information content (AvgIpc) is 2.81. The first-order valence-corrected chi connectivity index (χ1v) is 7.85. The fourth-order valence-electron chi connectivity index (χ4n) is 1.75. The first-order chi connectivity index (χ1) is 10.00. The second-order valence-corrected chi connectivity index (χ2v) is 7.31. The maximum absolute atomic E-state index is 13.0. The van der Waals surface area contributed by atoms with Gasteiger partial charge in [0, 0.05) is 14.1 Å². The minimum Gasteiger partial charge on any atom is -0.327 e. The van der Waals surface area contributed by atoms with Crippen molar-refractivity contribution in [2.45, 2.75) is 11.3 Å². The van der Waals surface area contributed by atoms with Gasteiger partial charge in [-0.1, -0.05) is 0 Å². The Hall–Kier alpha value is -1.64. The van der Waals surface area contributed by atoms with Crippen LogP contribution in [0.5, 0.6) is 0 Å². The van der Waals surface area contributed by atoms with Crippen molar-refractivity contribution >= 4 is 37.0 Å². The number of rotatable bonds is 2. The SMILES string of the molecule is CN(C)S(=O)(=O)c1nc2c(Br)c(C(F)(F)F)c(C#N)cc2[nH]1. The standard InChI is InChI=1S/C11H8BrF3N4O2S/c1-19(2)22(20,21)10-17-6-3-5(4-16)7(11(13,14)15)8(12)9(6)18-10/h3H,1-2H3,(H,17,18). The molecule has 11 heteroatoms. The number of aromatic nitrogens is 2. The molecular weight excluding hydrogens is 389 g/mol. The highest BCUT2D eigenvalue weighted by molar-refractivity contribution is 9.10. The fraction of sp³-hybridized carbons (Fsp3) is 0.273. The molecule has 1 heterocycles. The molecule has 22 heavy (non-hydrogen) atoms. The van der Waals surface area contributed by atoms with Crippen LogP contribution in [0, 0.1) is 11.3 Å². The summed E-state index contributed by atoms with van der Waals surface area (Å²) in [5, 5.41) is 8.39. The molecule has 0 atom stereocenters. The summed E-state index contributed by atoms with van der Waals surface area (Å²) in [6.45, 7) is 0. The molecule has 0 unspecified atom stereocenters. The van der Waals surface area contributed by atoms with E-state index in [0.717, 1.165) is 10.4 Å². The van der Waals surface area contributed by atoms with Crippen molar-refractivity contribution in [2.75, 3.05) is 14.1 Å². The van der Waals surface area contributed by atoms with E-state index in [4.69, 9.17) is 5.26 Å². The number of alkyl halides is 3. The molecule has 1 aromatic heterocycles. The van der Waals surface area contributed by atoms with Gasteiger partial charge in [0.05, 0.1) is 27.2 Å². The number of fused-ring (bicyclic) bond motifs is 1. The van der Waals surface area contributed by atoms with Crippen LogP contribution in [-0.4, -0.2) is 36.8 Å². The smallest absolute Gasteiger partial charge is 0.327 e. The van der Waals surface area contributed by atoms with Gasteiger partial charge in [-0.3, -0.25) is 0 Å². The second kappa shape index (κ2) is 5.22. The van der Waals surface area contributed by atoms with E-state index in [-0.39, 0.29) is 11.0 Å². The van der Waals surface area contributed by atoms with E-state index in [0.29, 0.717) is 0 Å². The maximum Gasteiger partial charge on any atom is 0.418 e. The van der Waals surface area contributed by atoms with Crippen LogP contribution in [0.4, 0.5) is 13.2 Å². The highest BCUT2D eigenvalue weighted by atomic mass is 79.9. The number of hydrogen-bond acceptors (Lipinski definition) is 4. The van der Waals surface area contributed by atoms with Crippen LogP contribution in [0.3, 0.4) is 0 Å². The molecule has 0 aliphatic carbocycles. The quantitative estimate of drug-likeness (QED) is 0.843. The third-order valence-electron chi connectivity index (χ3n) is 2.82. The molecule has 0 radical (unpaired) electrons. The molecule has 0 spiro atoms. The third kappa shape index (κ3) is 2.57. The zero-order chi connectivity index (χ0) is 16.9. The predicted octanol–water partition coefficient (Wildman–Crippen LogP) is 2.47. The van der Waals surface area contributed by atoms with E-state index < -0.39 is 37.0 Å². The summed E-state index contributed by atoms with van der Waals surface area (Å²) in [7, 11) is -1.42. The molecule has 0 saturated carbocycles. The normalized spacial score (nSPS) is 12.8. The van der Waals surface area contributed by atoms with E-state index in [2.05, 4.69) is 25.9 Å². The highest BCUT2D eigenvalue weighted by Gasteiger charge is 2.38. The monoisotopic (exact) mass is 396 g/mol. The van der Waals surface area contributed by atoms with Gasteiger partial charge in [0.15, 0.2) is 0 Å². The summed E-state index contributed by atoms with van der Waals surface area (Å²) in [5.74, 6) is 0. The lowest BCUT2D eigenvalue weighted by Crippen LogP contribution is -2.23. The van der Waals surface area contributed by atoms with Crippen LogP contribution >= 0.6 is 15.9 Å². The van der Waals surface area contributed by atoms with Gasteiger partial charge in [0.25, 0.3) is 10.0 Å². The van der Waals surface area contributed by atoms with Gasteiger partial charge < -0.3 is 4.98 Å². The summed E-state index contributed by atoms with van der Waals surface area (Å²) in [5.41, 5.74) is -2.03. The van der Waals surface area contributed by atoms with Gasteiger partial charge in [-0.25, -0.2) is 17.7 Å². The molecule has 0 saturated heterocycles. The van der Waals surface area contributed by atoms with E-state index >= 15 is 0 Å². The van der Waals surface area contributed by atoms with Gasteiger partial charge >= 0.3 is 6.18 Å². The minimum absolute atomic E-state index is 0.0110. The molecule has 1 aromatic carbocycles. The largest absolute Gasteiger partial charge is 0.418 e. The topological polar surface area (TPSA) is 89.8 Å². The van der Waals surface area contributed by atoms with Crippen molar-refractivity contribution in [1.82, 2.24) is 14.3 Å². The zero-order valence-electron chi connectivity index (χ0n) is 11.2. The van der Waals surface area contributed by atoms with Crippen LogP contribution in [0.25, 0.3) is 11.0 Å². The first-order valence-electron chi connectivity index (χ1n) is 5.62. The van der Waals surface area contributed by atoms with Crippen molar-refractivity contribution in [1.29, 1.82) is 5.26 Å². The van der Waals surface area contributed by atoms with Gasteiger partial charge in [0.1, 0.15) is 5.52 Å². The maximum atomic E-state index is 13.0. The summed E-state index contributed by atoms with van der Waals surface area (Å²) < 4.78 is 63.5. The second-order valence-electron chi connectivity index (χ2n) is 4.45. The number of halogens is 4. The Morgan fingerprint density at radius 3 is 2.45 bits per heavy atom. The van der Waals surface area contributed by atoms with Crippen LogP contribution in [0.2, 0.25) is 0 Å². The molecule has 0 bridgehead atoms. The molecule has 0 fully saturated rings. The third-order valence-corrected chi connectivity index (χ3v) is 5.24. The summed E-state index contributed by atoms with van der Waals surface area (Å²) >= 11 is 2.76. The van der Waals surface area contributed by atoms with Crippen molar-refractivity contribution in [2.24, 2.45) is 0 Å². The first kappa shape index (κ1) is 16.7. The molecule has 118 valence electrons. The Kier molecular flexibility index (Phi) is 3.97. The summed E-state index contributed by atoms with van der Waals surface area (Å²) in [4.78, 5) is 6.14. The Bertz CT molecular complexity index is 897. The van der Waals surface area contributed by atoms with Crippen molar-refractivity contribution in [3.8, 4) is 6.07 Å². The number of sulfonamides is 1. The van der Waals surface area contributed by atoms with Crippen LogP contribution in [0.1, 0.15) is 11.1 Å². The Labute approximate surface area is 131 Å². The molecule has 0 aliphatic rings. The van der Waals surface area contributed by atoms with Gasteiger partial charge in [-0.2, -0.15) is 18.4 Å². The van der Waals surface area contributed by atoms with E-state index in [9.17, 15) is 21.6 Å². The summed E-state index contributed by atoms with van der Waals surface area (Å²) in [6.07, 6.45) is -4.78. The number of aromatic amines is 1. The van der Waals surface area contributed by atoms with E-state index in [1.165, 1.54) is 20.2 Å². The Balaban J connectivity index is 2.86. The Morgan fingerprint density at radius 1 is 1.41 bits per heavy atom. The van der Waals surface area contributed by atoms with Crippen LogP contribution in [0.15, 0.2) is 15.7 Å². The lowest BCUT2D eigenvalue weighted by atomic mass is 10.1. The molecular formula is C11H8BrF3N4O2S. The number of H-pyrrole nitrogens is 1. The van der Waals surface area contributed by atoms with Crippen molar-refractivity contribution in [3.63, 3.8) is 0 Å². The lowest BCUT2D eigenvalue weighted by Gasteiger charge is -2.10. The van der Waals surface area contributed by atoms with Gasteiger partial charge in [-0.05, 0) is 22.0 Å². The van der Waals surface area contributed by atoms with Gasteiger partial charge in [-0.15, -0.1) is 0 Å². The van der Waals surface area contributed by atoms with E-state index in [1.807, 2.05) is 0 Å². The minimum atomic E-state index is -4.78. The molecule has 2 aromatic rings. The highest BCUT2D eigenvalue weighted by Crippen LogP contribution is 2.40. The van der Waals surface area contributed by atoms with Crippen molar-refractivity contribution in [3.05, 3.63) is 21.7 Å². The average molecular weight is 397 g/mol. The number of benzene rings is 1. The van der Waals surface area contributed by atoms with Gasteiger partial charge in [0.2, 0.25) is 5.16 Å². The number of imidazole rings is 1. The van der Waals surface area contributed by atoms with Crippen LogP contribution < -0.4 is 0 Å². The molecule has 6 nitrogen and oxygen atoms in total. The predicted molar refractivity (Wildman–Crippen MR) is 74.4 cm³/mol. The summed E-state index contributed by atoms with van der Waals surface area (Å²) in [6, 6.07) is 2.37. The van der Waals surface area contributed by atoms with Crippen molar-refractivity contribution < 1.29 is 21.6 Å². The molecule has 1 N–H and O–H groups in total. The number of nitriles is 1. The lowest BCUT2D eigenvalue weighted by molar-refractivity contribution is -0.138. The number of nitrogens with one attached hydrogen (secondary N) is 1. The van der Waals surface area contributed by atoms with Crippen LogP contribution in [-0.2, 0) is 16.2 Å². The number of nitrogens with zero attached hydrogens (tertiary/aromatic N) is 3. The van der Waals surface area contributed by atoms with E-state index in [1.54, 1.807) is 0 Å². The zero-order valence-corrected chi connectivity index (χ0v) is 13.6. The molecule has 2 rings (SSSR count). The molecule has 0 amide bonds. The number of hydrogen-bond donors (Lipinski definition) is 1. The fourth-order valence-corrected chi connectivity index (χ4v) is 3.28.